The maximum Gasteiger partial charge on any atom is 0.229 e. The summed E-state index contributed by atoms with van der Waals surface area (Å²) in [5.41, 5.74) is 0.254. The average molecular weight is 416 g/mol. The summed E-state index contributed by atoms with van der Waals surface area (Å²) in [7, 11) is 0. The largest absolute Gasteiger partial charge is 0.507 e. The average Bonchev–Trinajstić information content (AvgIpc) is 2.74. The normalized spacial score (nSPS) is 26.6. The van der Waals surface area contributed by atoms with Crippen LogP contribution in [0.15, 0.2) is 57.7 Å². The molecular formula is C21H20O9. The third-order valence-electron chi connectivity index (χ3n) is 4.94. The standard InChI is InChI=1S/C21H20O9/c22-9-16-18(25)19(26)20(27)21(30-16)28-11-6-12(23)17-13(24)8-14(29-15(17)7-11)10-4-2-1-3-5-10/h1-8,16,18-23,25-27H,9H2/t16-,18-,19-,20-,21+/m0/s1. The molecule has 2 heterocycles. The van der Waals surface area contributed by atoms with Gasteiger partial charge in [-0.3, -0.25) is 4.79 Å². The van der Waals surface area contributed by atoms with Crippen LogP contribution < -0.4 is 10.2 Å². The van der Waals surface area contributed by atoms with Gasteiger partial charge >= 0.3 is 0 Å². The highest BCUT2D eigenvalue weighted by Gasteiger charge is 2.44. The van der Waals surface area contributed by atoms with Gasteiger partial charge in [-0.2, -0.15) is 0 Å². The van der Waals surface area contributed by atoms with Crippen LogP contribution in [0.5, 0.6) is 11.5 Å². The summed E-state index contributed by atoms with van der Waals surface area (Å²) in [6.07, 6.45) is -7.35. The molecule has 30 heavy (non-hydrogen) atoms. The van der Waals surface area contributed by atoms with Gasteiger partial charge in [-0.1, -0.05) is 30.3 Å². The Kier molecular flexibility index (Phi) is 5.46. The van der Waals surface area contributed by atoms with E-state index in [1.54, 1.807) is 24.3 Å². The van der Waals surface area contributed by atoms with Crippen molar-refractivity contribution in [3.05, 3.63) is 58.8 Å². The van der Waals surface area contributed by atoms with Gasteiger partial charge in [-0.25, -0.2) is 0 Å². The zero-order valence-corrected chi connectivity index (χ0v) is 15.6. The molecule has 1 aliphatic rings. The van der Waals surface area contributed by atoms with Crippen LogP contribution in [0.25, 0.3) is 22.3 Å². The number of aliphatic hydroxyl groups excluding tert-OH is 4. The number of aromatic hydroxyl groups is 1. The van der Waals surface area contributed by atoms with Gasteiger partial charge in [0.15, 0.2) is 5.43 Å². The van der Waals surface area contributed by atoms with Crippen molar-refractivity contribution in [2.24, 2.45) is 0 Å². The van der Waals surface area contributed by atoms with Gasteiger partial charge in [0, 0.05) is 23.8 Å². The van der Waals surface area contributed by atoms with Crippen LogP contribution in [0.3, 0.4) is 0 Å². The summed E-state index contributed by atoms with van der Waals surface area (Å²) in [4.78, 5) is 12.5. The number of rotatable bonds is 4. The van der Waals surface area contributed by atoms with Crippen LogP contribution in [-0.4, -0.2) is 62.8 Å². The molecule has 4 rings (SSSR count). The monoisotopic (exact) mass is 416 g/mol. The van der Waals surface area contributed by atoms with E-state index >= 15 is 0 Å². The molecule has 0 unspecified atom stereocenters. The van der Waals surface area contributed by atoms with Gasteiger partial charge in [0.25, 0.3) is 0 Å². The Morgan fingerprint density at radius 2 is 1.70 bits per heavy atom. The van der Waals surface area contributed by atoms with E-state index in [1.807, 2.05) is 6.07 Å². The maximum absolute atomic E-state index is 12.5. The second-order valence-corrected chi connectivity index (χ2v) is 6.97. The van der Waals surface area contributed by atoms with E-state index in [9.17, 15) is 30.3 Å². The van der Waals surface area contributed by atoms with E-state index in [2.05, 4.69) is 0 Å². The number of benzene rings is 2. The minimum absolute atomic E-state index is 0.0160. The number of phenolic OH excluding ortho intramolecular Hbond substituents is 1. The molecule has 9 nitrogen and oxygen atoms in total. The molecule has 9 heteroatoms. The molecule has 3 aromatic rings. The summed E-state index contributed by atoms with van der Waals surface area (Å²) in [6.45, 7) is -0.608. The third kappa shape index (κ3) is 3.64. The fourth-order valence-corrected chi connectivity index (χ4v) is 3.36. The first-order valence-electron chi connectivity index (χ1n) is 9.22. The van der Waals surface area contributed by atoms with Crippen LogP contribution in [0, 0.1) is 0 Å². The van der Waals surface area contributed by atoms with Gasteiger partial charge in [0.05, 0.1) is 6.61 Å². The number of hydrogen-bond donors (Lipinski definition) is 5. The minimum Gasteiger partial charge on any atom is -0.507 e. The molecule has 1 aromatic heterocycles. The van der Waals surface area contributed by atoms with Crippen LogP contribution in [0.1, 0.15) is 0 Å². The zero-order chi connectivity index (χ0) is 21.4. The second-order valence-electron chi connectivity index (χ2n) is 6.97. The first kappa shape index (κ1) is 20.3. The summed E-state index contributed by atoms with van der Waals surface area (Å²) >= 11 is 0. The molecule has 0 spiro atoms. The summed E-state index contributed by atoms with van der Waals surface area (Å²) in [5, 5.41) is 49.4. The number of ether oxygens (including phenoxy) is 2. The highest BCUT2D eigenvalue weighted by Crippen LogP contribution is 2.33. The lowest BCUT2D eigenvalue weighted by molar-refractivity contribution is -0.277. The molecule has 1 saturated heterocycles. The molecule has 0 bridgehead atoms. The first-order valence-corrected chi connectivity index (χ1v) is 9.22. The number of aliphatic hydroxyl groups is 4. The molecular weight excluding hydrogens is 396 g/mol. The molecule has 1 aliphatic heterocycles. The van der Waals surface area contributed by atoms with E-state index in [1.165, 1.54) is 12.1 Å². The summed E-state index contributed by atoms with van der Waals surface area (Å²) < 4.78 is 16.6. The molecule has 0 saturated carbocycles. The van der Waals surface area contributed by atoms with Crippen molar-refractivity contribution >= 4 is 11.0 Å². The smallest absolute Gasteiger partial charge is 0.229 e. The molecule has 158 valence electrons. The van der Waals surface area contributed by atoms with Crippen LogP contribution in [-0.2, 0) is 4.74 Å². The van der Waals surface area contributed by atoms with Gasteiger partial charge in [-0.05, 0) is 0 Å². The van der Waals surface area contributed by atoms with Gasteiger partial charge in [0.2, 0.25) is 6.29 Å². The van der Waals surface area contributed by atoms with Gasteiger partial charge in [-0.15, -0.1) is 0 Å². The lowest BCUT2D eigenvalue weighted by Gasteiger charge is -2.39. The van der Waals surface area contributed by atoms with Crippen LogP contribution in [0.4, 0.5) is 0 Å². The van der Waals surface area contributed by atoms with Crippen molar-refractivity contribution in [1.29, 1.82) is 0 Å². The molecule has 0 amide bonds. The van der Waals surface area contributed by atoms with E-state index < -0.39 is 48.5 Å². The van der Waals surface area contributed by atoms with E-state index in [-0.39, 0.29) is 22.5 Å². The van der Waals surface area contributed by atoms with Gasteiger partial charge in [0.1, 0.15) is 52.6 Å². The highest BCUT2D eigenvalue weighted by molar-refractivity contribution is 5.86. The van der Waals surface area contributed by atoms with E-state index in [0.717, 1.165) is 6.07 Å². The molecule has 1 fully saturated rings. The Labute approximate surface area is 170 Å². The van der Waals surface area contributed by atoms with Crippen LogP contribution >= 0.6 is 0 Å². The number of fused-ring (bicyclic) bond motifs is 1. The Bertz CT molecular complexity index is 1090. The zero-order valence-electron chi connectivity index (χ0n) is 15.6. The minimum atomic E-state index is -1.62. The predicted molar refractivity (Wildman–Crippen MR) is 104 cm³/mol. The Morgan fingerprint density at radius 1 is 0.967 bits per heavy atom. The fourth-order valence-electron chi connectivity index (χ4n) is 3.36. The fraction of sp³-hybridized carbons (Fsp3) is 0.286. The van der Waals surface area contributed by atoms with Crippen LogP contribution in [0.2, 0.25) is 0 Å². The predicted octanol–water partition coefficient (Wildman–Crippen LogP) is 0.344. The number of phenols is 1. The summed E-state index contributed by atoms with van der Waals surface area (Å²) in [6, 6.07) is 12.7. The maximum atomic E-state index is 12.5. The molecule has 0 aliphatic carbocycles. The first-order chi connectivity index (χ1) is 14.4. The van der Waals surface area contributed by atoms with Crippen molar-refractivity contribution < 1.29 is 39.4 Å². The lowest BCUT2D eigenvalue weighted by Crippen LogP contribution is -2.60. The Morgan fingerprint density at radius 3 is 2.40 bits per heavy atom. The topological polar surface area (TPSA) is 150 Å². The van der Waals surface area contributed by atoms with E-state index in [4.69, 9.17) is 13.9 Å². The molecule has 2 aromatic carbocycles. The Hall–Kier alpha value is -2.95. The quantitative estimate of drug-likeness (QED) is 0.406. The second kappa shape index (κ2) is 8.05. The molecule has 5 atom stereocenters. The third-order valence-corrected chi connectivity index (χ3v) is 4.94. The lowest BCUT2D eigenvalue weighted by atomic mass is 9.99. The highest BCUT2D eigenvalue weighted by atomic mass is 16.7. The van der Waals surface area contributed by atoms with Crippen molar-refractivity contribution in [2.75, 3.05) is 6.61 Å². The van der Waals surface area contributed by atoms with Gasteiger partial charge < -0.3 is 39.4 Å². The van der Waals surface area contributed by atoms with Crippen molar-refractivity contribution in [3.63, 3.8) is 0 Å². The molecule has 5 N–H and O–H groups in total. The Balaban J connectivity index is 1.71. The van der Waals surface area contributed by atoms with Crippen molar-refractivity contribution in [2.45, 2.75) is 30.7 Å². The van der Waals surface area contributed by atoms with Crippen molar-refractivity contribution in [3.8, 4) is 22.8 Å². The SMILES string of the molecule is O=c1cc(-c2ccccc2)oc2cc(O[C@@H]3O[C@@H](CO)[C@H](O)[C@H](O)[C@@H]3O)cc(O)c12. The van der Waals surface area contributed by atoms with Crippen molar-refractivity contribution in [1.82, 2.24) is 0 Å². The van der Waals surface area contributed by atoms with E-state index in [0.29, 0.717) is 5.56 Å². The summed E-state index contributed by atoms with van der Waals surface area (Å²) in [5.74, 6) is -0.129. The number of hydrogen-bond acceptors (Lipinski definition) is 9. The molecule has 0 radical (unpaired) electrons.